The van der Waals surface area contributed by atoms with Gasteiger partial charge in [0.25, 0.3) is 0 Å². The topological polar surface area (TPSA) is 86.8 Å². The molecule has 35 heavy (non-hydrogen) atoms. The van der Waals surface area contributed by atoms with Gasteiger partial charge in [-0.15, -0.1) is 0 Å². The second-order valence-electron chi connectivity index (χ2n) is 8.85. The van der Waals surface area contributed by atoms with Gasteiger partial charge in [0, 0.05) is 30.5 Å². The number of carbonyl (C=O) groups excluding carboxylic acids is 2. The number of nitrogens with one attached hydrogen (secondary N) is 1. The van der Waals surface area contributed by atoms with Crippen molar-refractivity contribution in [3.8, 4) is 0 Å². The molecule has 0 radical (unpaired) electrons. The minimum absolute atomic E-state index is 0.121. The predicted molar refractivity (Wildman–Crippen MR) is 145 cm³/mol. The number of benzene rings is 2. The molecule has 192 valence electrons. The van der Waals surface area contributed by atoms with Crippen molar-refractivity contribution >= 4 is 43.5 Å². The third-order valence-corrected chi connectivity index (χ3v) is 7.42. The first-order valence-corrected chi connectivity index (χ1v) is 14.4. The van der Waals surface area contributed by atoms with Gasteiger partial charge in [-0.2, -0.15) is 0 Å². The Balaban J connectivity index is 2.19. The summed E-state index contributed by atoms with van der Waals surface area (Å²) in [5.41, 5.74) is 3.33. The van der Waals surface area contributed by atoms with Crippen molar-refractivity contribution in [2.75, 3.05) is 23.7 Å². The highest BCUT2D eigenvalue weighted by atomic mass is 79.9. The Hall–Kier alpha value is -2.39. The standard InChI is InChI=1S/C26H36BrN3O4S/c1-6-14-28-26(32)21(4)29(18-22-9-7-10-23(27)17-22)25(31)11-8-15-30(35(5,33)34)24-16-19(2)12-13-20(24)3/h7,9-10,12-13,16-17,21H,6,8,11,14-15,18H2,1-5H3,(H,28,32). The van der Waals surface area contributed by atoms with Gasteiger partial charge in [0.1, 0.15) is 6.04 Å². The van der Waals surface area contributed by atoms with Crippen LogP contribution in [0.5, 0.6) is 0 Å². The number of amides is 2. The Kier molecular flexibility index (Phi) is 10.8. The Labute approximate surface area is 218 Å². The van der Waals surface area contributed by atoms with Crippen LogP contribution in [0.3, 0.4) is 0 Å². The van der Waals surface area contributed by atoms with Crippen LogP contribution < -0.4 is 9.62 Å². The molecule has 0 heterocycles. The van der Waals surface area contributed by atoms with Crippen LogP contribution in [0, 0.1) is 13.8 Å². The van der Waals surface area contributed by atoms with E-state index in [-0.39, 0.29) is 31.3 Å². The average Bonchev–Trinajstić information content (AvgIpc) is 2.79. The molecule has 7 nitrogen and oxygen atoms in total. The molecule has 0 saturated heterocycles. The summed E-state index contributed by atoms with van der Waals surface area (Å²) in [7, 11) is -3.53. The summed E-state index contributed by atoms with van der Waals surface area (Å²) in [6, 6.07) is 12.6. The SMILES string of the molecule is CCCNC(=O)C(C)N(Cc1cccc(Br)c1)C(=O)CCCN(c1cc(C)ccc1C)S(C)(=O)=O. The van der Waals surface area contributed by atoms with E-state index in [0.29, 0.717) is 18.7 Å². The number of hydrogen-bond donors (Lipinski definition) is 1. The van der Waals surface area contributed by atoms with Crippen molar-refractivity contribution in [1.29, 1.82) is 0 Å². The van der Waals surface area contributed by atoms with Gasteiger partial charge >= 0.3 is 0 Å². The molecule has 2 aromatic rings. The van der Waals surface area contributed by atoms with E-state index in [1.54, 1.807) is 11.8 Å². The highest BCUT2D eigenvalue weighted by Crippen LogP contribution is 2.25. The molecule has 0 aromatic heterocycles. The summed E-state index contributed by atoms with van der Waals surface area (Å²) in [5, 5.41) is 2.86. The van der Waals surface area contributed by atoms with E-state index in [1.807, 2.05) is 63.2 Å². The summed E-state index contributed by atoms with van der Waals surface area (Å²) in [5.74, 6) is -0.401. The number of sulfonamides is 1. The number of hydrogen-bond acceptors (Lipinski definition) is 4. The molecule has 0 saturated carbocycles. The molecule has 1 unspecified atom stereocenters. The van der Waals surface area contributed by atoms with Gasteiger partial charge in [-0.25, -0.2) is 8.42 Å². The van der Waals surface area contributed by atoms with Gasteiger partial charge in [0.05, 0.1) is 11.9 Å². The number of anilines is 1. The van der Waals surface area contributed by atoms with Crippen LogP contribution in [0.4, 0.5) is 5.69 Å². The van der Waals surface area contributed by atoms with Crippen LogP contribution in [-0.2, 0) is 26.2 Å². The maximum atomic E-state index is 13.3. The average molecular weight is 567 g/mol. The smallest absolute Gasteiger partial charge is 0.242 e. The van der Waals surface area contributed by atoms with E-state index in [9.17, 15) is 18.0 Å². The largest absolute Gasteiger partial charge is 0.354 e. The molecule has 0 aliphatic carbocycles. The molecule has 2 aromatic carbocycles. The molecular formula is C26H36BrN3O4S. The Morgan fingerprint density at radius 1 is 1.11 bits per heavy atom. The summed E-state index contributed by atoms with van der Waals surface area (Å²) in [6.07, 6.45) is 2.43. The number of nitrogens with zero attached hydrogens (tertiary/aromatic N) is 2. The fourth-order valence-electron chi connectivity index (χ4n) is 3.78. The van der Waals surface area contributed by atoms with Gasteiger partial charge in [-0.3, -0.25) is 13.9 Å². The zero-order chi connectivity index (χ0) is 26.2. The summed E-state index contributed by atoms with van der Waals surface area (Å²) < 4.78 is 27.3. The monoisotopic (exact) mass is 565 g/mol. The first kappa shape index (κ1) is 28.8. The molecule has 0 bridgehead atoms. The second kappa shape index (κ2) is 13.1. The predicted octanol–water partition coefficient (Wildman–Crippen LogP) is 4.56. The van der Waals surface area contributed by atoms with Crippen molar-refractivity contribution in [3.63, 3.8) is 0 Å². The van der Waals surface area contributed by atoms with Crippen molar-refractivity contribution in [2.24, 2.45) is 0 Å². The fourth-order valence-corrected chi connectivity index (χ4v) is 5.24. The summed E-state index contributed by atoms with van der Waals surface area (Å²) >= 11 is 3.45. The zero-order valence-electron chi connectivity index (χ0n) is 21.2. The fraction of sp³-hybridized carbons (Fsp3) is 0.462. The molecule has 0 aliphatic heterocycles. The lowest BCUT2D eigenvalue weighted by Gasteiger charge is -2.29. The number of rotatable bonds is 12. The van der Waals surface area contributed by atoms with E-state index in [4.69, 9.17) is 0 Å². The summed E-state index contributed by atoms with van der Waals surface area (Å²) in [4.78, 5) is 27.5. The number of halogens is 1. The molecule has 0 aliphatic rings. The van der Waals surface area contributed by atoms with E-state index in [0.717, 1.165) is 27.6 Å². The van der Waals surface area contributed by atoms with Crippen molar-refractivity contribution in [1.82, 2.24) is 10.2 Å². The molecule has 0 spiro atoms. The lowest BCUT2D eigenvalue weighted by molar-refractivity contribution is -0.140. The Bertz CT molecular complexity index is 1140. The van der Waals surface area contributed by atoms with Gasteiger partial charge in [-0.05, 0) is 68.5 Å². The maximum absolute atomic E-state index is 13.3. The van der Waals surface area contributed by atoms with Crippen molar-refractivity contribution in [3.05, 3.63) is 63.6 Å². The van der Waals surface area contributed by atoms with E-state index >= 15 is 0 Å². The lowest BCUT2D eigenvalue weighted by atomic mass is 10.1. The van der Waals surface area contributed by atoms with Gasteiger partial charge in [0.2, 0.25) is 21.8 Å². The van der Waals surface area contributed by atoms with E-state index in [2.05, 4.69) is 21.2 Å². The maximum Gasteiger partial charge on any atom is 0.242 e. The first-order valence-electron chi connectivity index (χ1n) is 11.8. The Morgan fingerprint density at radius 2 is 1.83 bits per heavy atom. The van der Waals surface area contributed by atoms with Gasteiger partial charge in [0.15, 0.2) is 0 Å². The third kappa shape index (κ3) is 8.65. The van der Waals surface area contributed by atoms with Crippen LogP contribution in [-0.4, -0.2) is 50.5 Å². The Morgan fingerprint density at radius 3 is 2.46 bits per heavy atom. The first-order chi connectivity index (χ1) is 16.4. The quantitative estimate of drug-likeness (QED) is 0.408. The molecule has 1 N–H and O–H groups in total. The minimum Gasteiger partial charge on any atom is -0.354 e. The van der Waals surface area contributed by atoms with Crippen LogP contribution in [0.1, 0.15) is 49.8 Å². The number of aryl methyl sites for hydroxylation is 2. The molecule has 2 amide bonds. The van der Waals surface area contributed by atoms with E-state index in [1.165, 1.54) is 10.6 Å². The third-order valence-electron chi connectivity index (χ3n) is 5.74. The van der Waals surface area contributed by atoms with Crippen LogP contribution in [0.2, 0.25) is 0 Å². The normalized spacial score (nSPS) is 12.2. The molecule has 9 heteroatoms. The summed E-state index contributed by atoms with van der Waals surface area (Å²) in [6.45, 7) is 8.48. The molecule has 2 rings (SSSR count). The lowest BCUT2D eigenvalue weighted by Crippen LogP contribution is -2.47. The van der Waals surface area contributed by atoms with Gasteiger partial charge in [-0.1, -0.05) is 47.1 Å². The minimum atomic E-state index is -3.53. The van der Waals surface area contributed by atoms with Crippen molar-refractivity contribution in [2.45, 2.75) is 59.5 Å². The van der Waals surface area contributed by atoms with Crippen LogP contribution >= 0.6 is 15.9 Å². The van der Waals surface area contributed by atoms with Crippen LogP contribution in [0.15, 0.2) is 46.9 Å². The van der Waals surface area contributed by atoms with Gasteiger partial charge < -0.3 is 10.2 Å². The zero-order valence-corrected chi connectivity index (χ0v) is 23.6. The molecular weight excluding hydrogens is 530 g/mol. The van der Waals surface area contributed by atoms with Crippen LogP contribution in [0.25, 0.3) is 0 Å². The molecule has 1 atom stereocenters. The second-order valence-corrected chi connectivity index (χ2v) is 11.7. The molecule has 0 fully saturated rings. The highest BCUT2D eigenvalue weighted by Gasteiger charge is 2.26. The van der Waals surface area contributed by atoms with Crippen molar-refractivity contribution < 1.29 is 18.0 Å². The highest BCUT2D eigenvalue weighted by molar-refractivity contribution is 9.10. The number of carbonyl (C=O) groups is 2. The van der Waals surface area contributed by atoms with E-state index < -0.39 is 16.1 Å².